The Bertz CT molecular complexity index is 1140. The first-order chi connectivity index (χ1) is 16.6. The van der Waals surface area contributed by atoms with Gasteiger partial charge in [-0.25, -0.2) is 9.69 Å². The molecule has 0 spiro atoms. The van der Waals surface area contributed by atoms with Crippen molar-refractivity contribution in [3.8, 4) is 5.75 Å². The molecule has 174 valence electrons. The molecule has 1 N–H and O–H groups in total. The molecule has 4 amide bonds. The minimum Gasteiger partial charge on any atom is -0.494 e. The van der Waals surface area contributed by atoms with E-state index >= 15 is 0 Å². The monoisotopic (exact) mass is 458 g/mol. The number of anilines is 2. The zero-order valence-corrected chi connectivity index (χ0v) is 18.9. The summed E-state index contributed by atoms with van der Waals surface area (Å²) in [6, 6.07) is 18.0. The van der Waals surface area contributed by atoms with Crippen molar-refractivity contribution in [1.29, 1.82) is 0 Å². The largest absolute Gasteiger partial charge is 0.494 e. The number of carbonyl (C=O) groups is 3. The summed E-state index contributed by atoms with van der Waals surface area (Å²) in [4.78, 5) is 46.1. The van der Waals surface area contributed by atoms with Gasteiger partial charge in [-0.05, 0) is 54.4 Å². The fourth-order valence-corrected chi connectivity index (χ4v) is 3.76. The van der Waals surface area contributed by atoms with Crippen LogP contribution in [0.3, 0.4) is 0 Å². The number of imide groups is 1. The molecule has 1 saturated heterocycles. The van der Waals surface area contributed by atoms with Gasteiger partial charge in [0.2, 0.25) is 5.91 Å². The molecule has 0 bridgehead atoms. The second-order valence-corrected chi connectivity index (χ2v) is 7.92. The maximum Gasteiger partial charge on any atom is 0.332 e. The van der Waals surface area contributed by atoms with E-state index in [0.29, 0.717) is 18.0 Å². The predicted molar refractivity (Wildman–Crippen MR) is 128 cm³/mol. The van der Waals surface area contributed by atoms with Crippen LogP contribution >= 0.6 is 0 Å². The van der Waals surface area contributed by atoms with Crippen molar-refractivity contribution in [3.63, 3.8) is 0 Å². The number of aromatic nitrogens is 1. The third-order valence-electron chi connectivity index (χ3n) is 5.40. The molecule has 34 heavy (non-hydrogen) atoms. The van der Waals surface area contributed by atoms with Crippen LogP contribution in [0.25, 0.3) is 0 Å². The second kappa shape index (κ2) is 10.6. The molecule has 4 rings (SSSR count). The zero-order valence-electron chi connectivity index (χ0n) is 18.9. The molecule has 2 heterocycles. The van der Waals surface area contributed by atoms with Gasteiger partial charge in [0.25, 0.3) is 5.91 Å². The van der Waals surface area contributed by atoms with Crippen molar-refractivity contribution in [2.75, 3.05) is 16.8 Å². The van der Waals surface area contributed by atoms with Gasteiger partial charge in [-0.1, -0.05) is 31.2 Å². The van der Waals surface area contributed by atoms with E-state index in [1.165, 1.54) is 4.90 Å². The maximum atomic E-state index is 13.3. The van der Waals surface area contributed by atoms with Crippen LogP contribution in [-0.4, -0.2) is 40.4 Å². The molecule has 3 aromatic rings. The van der Waals surface area contributed by atoms with Crippen molar-refractivity contribution in [2.24, 2.45) is 0 Å². The first-order valence-corrected chi connectivity index (χ1v) is 11.2. The minimum atomic E-state index is -0.930. The van der Waals surface area contributed by atoms with Crippen LogP contribution in [-0.2, 0) is 16.1 Å². The lowest BCUT2D eigenvalue weighted by atomic mass is 10.1. The second-order valence-electron chi connectivity index (χ2n) is 7.92. The van der Waals surface area contributed by atoms with Gasteiger partial charge in [-0.15, -0.1) is 0 Å². The Morgan fingerprint density at radius 3 is 2.47 bits per heavy atom. The molecule has 1 atom stereocenters. The van der Waals surface area contributed by atoms with Crippen molar-refractivity contribution in [2.45, 2.75) is 32.4 Å². The summed E-state index contributed by atoms with van der Waals surface area (Å²) in [6.45, 7) is 2.82. The quantitative estimate of drug-likeness (QED) is 0.485. The predicted octanol–water partition coefficient (Wildman–Crippen LogP) is 4.24. The van der Waals surface area contributed by atoms with E-state index in [4.69, 9.17) is 4.74 Å². The Morgan fingerprint density at radius 1 is 1.03 bits per heavy atom. The summed E-state index contributed by atoms with van der Waals surface area (Å²) in [6.07, 6.45) is 4.02. The normalized spacial score (nSPS) is 15.5. The number of para-hydroxylation sites is 1. The summed E-state index contributed by atoms with van der Waals surface area (Å²) in [5.41, 5.74) is 1.83. The zero-order chi connectivity index (χ0) is 23.9. The van der Waals surface area contributed by atoms with Crippen molar-refractivity contribution in [3.05, 3.63) is 84.7 Å². The lowest BCUT2D eigenvalue weighted by Gasteiger charge is -2.21. The van der Waals surface area contributed by atoms with E-state index in [1.54, 1.807) is 67.0 Å². The lowest BCUT2D eigenvalue weighted by molar-refractivity contribution is -0.124. The van der Waals surface area contributed by atoms with E-state index in [2.05, 4.69) is 10.3 Å². The van der Waals surface area contributed by atoms with Gasteiger partial charge in [-0.3, -0.25) is 14.6 Å². The summed E-state index contributed by atoms with van der Waals surface area (Å²) in [5.74, 6) is -0.0735. The number of carbonyl (C=O) groups excluding carboxylic acids is 3. The van der Waals surface area contributed by atoms with E-state index in [1.807, 2.05) is 19.1 Å². The number of amides is 4. The highest BCUT2D eigenvalue weighted by atomic mass is 16.5. The highest BCUT2D eigenvalue weighted by Gasteiger charge is 2.46. The molecule has 2 aromatic carbocycles. The van der Waals surface area contributed by atoms with Crippen LogP contribution in [0.5, 0.6) is 5.75 Å². The summed E-state index contributed by atoms with van der Waals surface area (Å²) < 4.78 is 5.56. The lowest BCUT2D eigenvalue weighted by Crippen LogP contribution is -2.37. The maximum absolute atomic E-state index is 13.3. The Kier molecular flexibility index (Phi) is 7.17. The van der Waals surface area contributed by atoms with Gasteiger partial charge in [0.1, 0.15) is 11.8 Å². The summed E-state index contributed by atoms with van der Waals surface area (Å²) in [7, 11) is 0. The number of ether oxygens (including phenoxy) is 1. The average molecular weight is 459 g/mol. The van der Waals surface area contributed by atoms with Gasteiger partial charge < -0.3 is 15.0 Å². The Hall–Kier alpha value is -4.20. The number of nitrogens with one attached hydrogen (secondary N) is 1. The molecular formula is C26H26N4O4. The molecule has 1 aromatic heterocycles. The molecule has 1 fully saturated rings. The van der Waals surface area contributed by atoms with Crippen LogP contribution in [0.2, 0.25) is 0 Å². The molecular weight excluding hydrogens is 432 g/mol. The molecule has 8 nitrogen and oxygen atoms in total. The van der Waals surface area contributed by atoms with Crippen molar-refractivity contribution in [1.82, 2.24) is 9.88 Å². The van der Waals surface area contributed by atoms with E-state index in [-0.39, 0.29) is 18.9 Å². The van der Waals surface area contributed by atoms with Crippen LogP contribution < -0.4 is 15.0 Å². The standard InChI is InChI=1S/C26H26N4O4/c1-2-15-34-22-12-10-20(11-13-22)28-24(31)16-23-25(32)30(21-8-4-3-5-9-21)26(33)29(23)18-19-7-6-14-27-17-19/h3-14,17,23H,2,15-16,18H2,1H3,(H,28,31)/t23-/m1/s1. The van der Waals surface area contributed by atoms with Gasteiger partial charge in [0, 0.05) is 24.6 Å². The summed E-state index contributed by atoms with van der Waals surface area (Å²) >= 11 is 0. The molecule has 0 radical (unpaired) electrons. The molecule has 0 unspecified atom stereocenters. The fourth-order valence-electron chi connectivity index (χ4n) is 3.76. The molecule has 1 aliphatic heterocycles. The van der Waals surface area contributed by atoms with E-state index in [0.717, 1.165) is 22.6 Å². The number of benzene rings is 2. The third-order valence-corrected chi connectivity index (χ3v) is 5.40. The van der Waals surface area contributed by atoms with Gasteiger partial charge in [0.05, 0.1) is 18.7 Å². The third kappa shape index (κ3) is 5.23. The Labute approximate surface area is 198 Å². The van der Waals surface area contributed by atoms with Gasteiger partial charge in [0.15, 0.2) is 0 Å². The van der Waals surface area contributed by atoms with Gasteiger partial charge >= 0.3 is 6.03 Å². The SMILES string of the molecule is CCCOc1ccc(NC(=O)C[C@@H]2C(=O)N(c3ccccc3)C(=O)N2Cc2cccnc2)cc1. The highest BCUT2D eigenvalue weighted by Crippen LogP contribution is 2.28. The molecule has 0 saturated carbocycles. The van der Waals surface area contributed by atoms with E-state index < -0.39 is 18.0 Å². The van der Waals surface area contributed by atoms with Crippen LogP contribution in [0.4, 0.5) is 16.2 Å². The van der Waals surface area contributed by atoms with Crippen LogP contribution in [0.1, 0.15) is 25.3 Å². The minimum absolute atomic E-state index is 0.164. The van der Waals surface area contributed by atoms with Gasteiger partial charge in [-0.2, -0.15) is 0 Å². The Balaban J connectivity index is 1.51. The molecule has 8 heteroatoms. The highest BCUT2D eigenvalue weighted by molar-refractivity contribution is 6.22. The van der Waals surface area contributed by atoms with Crippen molar-refractivity contribution >= 4 is 29.2 Å². The number of urea groups is 1. The van der Waals surface area contributed by atoms with Crippen LogP contribution in [0, 0.1) is 0 Å². The number of nitrogens with zero attached hydrogens (tertiary/aromatic N) is 3. The number of hydrogen-bond acceptors (Lipinski definition) is 5. The van der Waals surface area contributed by atoms with Crippen molar-refractivity contribution < 1.29 is 19.1 Å². The fraction of sp³-hybridized carbons (Fsp3) is 0.231. The van der Waals surface area contributed by atoms with E-state index in [9.17, 15) is 14.4 Å². The first-order valence-electron chi connectivity index (χ1n) is 11.2. The smallest absolute Gasteiger partial charge is 0.332 e. The summed E-state index contributed by atoms with van der Waals surface area (Å²) in [5, 5.41) is 2.81. The number of rotatable bonds is 9. The molecule has 1 aliphatic rings. The number of hydrogen-bond donors (Lipinski definition) is 1. The molecule has 0 aliphatic carbocycles. The van der Waals surface area contributed by atoms with Crippen LogP contribution in [0.15, 0.2) is 79.1 Å². The number of pyridine rings is 1. The topological polar surface area (TPSA) is 91.8 Å². The first kappa shape index (κ1) is 23.0. The average Bonchev–Trinajstić information content (AvgIpc) is 3.08. The Morgan fingerprint density at radius 2 is 1.79 bits per heavy atom.